The minimum atomic E-state index is -0.729. The van der Waals surface area contributed by atoms with Gasteiger partial charge in [-0.15, -0.1) is 0 Å². The molecule has 1 aliphatic carbocycles. The molecule has 1 aliphatic rings. The highest BCUT2D eigenvalue weighted by atomic mass is 16.5. The second-order valence-corrected chi connectivity index (χ2v) is 7.01. The smallest absolute Gasteiger partial charge is 0.349 e. The van der Waals surface area contributed by atoms with E-state index in [1.165, 1.54) is 12.1 Å². The molecule has 0 unspecified atom stereocenters. The molecule has 1 fully saturated rings. The van der Waals surface area contributed by atoms with Gasteiger partial charge in [-0.2, -0.15) is 0 Å². The lowest BCUT2D eigenvalue weighted by atomic mass is 9.89. The molecule has 7 nitrogen and oxygen atoms in total. The van der Waals surface area contributed by atoms with Crippen LogP contribution in [0.15, 0.2) is 33.5 Å². The molecule has 28 heavy (non-hydrogen) atoms. The topological polar surface area (TPSA) is 94.8 Å². The van der Waals surface area contributed by atoms with Crippen molar-refractivity contribution in [1.82, 2.24) is 5.32 Å². The Bertz CT molecular complexity index is 897. The van der Waals surface area contributed by atoms with Crippen molar-refractivity contribution in [2.24, 2.45) is 5.92 Å². The van der Waals surface area contributed by atoms with Gasteiger partial charge >= 0.3 is 11.6 Å². The molecule has 2 aromatic rings. The number of hydrogen-bond acceptors (Lipinski definition) is 6. The molecule has 0 radical (unpaired) electrons. The Morgan fingerprint density at radius 2 is 1.96 bits per heavy atom. The van der Waals surface area contributed by atoms with Gasteiger partial charge in [-0.3, -0.25) is 9.59 Å². The van der Waals surface area contributed by atoms with Crippen molar-refractivity contribution < 1.29 is 23.5 Å². The number of amides is 1. The first-order chi connectivity index (χ1) is 13.6. The Hall–Kier alpha value is -2.67. The van der Waals surface area contributed by atoms with Crippen LogP contribution in [0.1, 0.15) is 48.9 Å². The third-order valence-corrected chi connectivity index (χ3v) is 4.92. The zero-order chi connectivity index (χ0) is 19.9. The van der Waals surface area contributed by atoms with Crippen molar-refractivity contribution >= 4 is 22.8 Å². The minimum absolute atomic E-state index is 0.0585. The van der Waals surface area contributed by atoms with Gasteiger partial charge < -0.3 is 19.2 Å². The fourth-order valence-electron chi connectivity index (χ4n) is 3.36. The van der Waals surface area contributed by atoms with Gasteiger partial charge in [0.15, 0.2) is 0 Å². The molecule has 1 aromatic heterocycles. The van der Waals surface area contributed by atoms with E-state index in [0.717, 1.165) is 32.1 Å². The number of nitrogens with one attached hydrogen (secondary N) is 1. The molecule has 0 bridgehead atoms. The van der Waals surface area contributed by atoms with Crippen LogP contribution in [0.5, 0.6) is 5.75 Å². The molecule has 7 heteroatoms. The summed E-state index contributed by atoms with van der Waals surface area (Å²) in [6, 6.07) is 6.31. The number of esters is 1. The van der Waals surface area contributed by atoms with Gasteiger partial charge in [-0.25, -0.2) is 4.79 Å². The van der Waals surface area contributed by atoms with Gasteiger partial charge in [0.05, 0.1) is 5.92 Å². The summed E-state index contributed by atoms with van der Waals surface area (Å²) in [5, 5.41) is 3.25. The van der Waals surface area contributed by atoms with E-state index in [-0.39, 0.29) is 23.0 Å². The summed E-state index contributed by atoms with van der Waals surface area (Å²) in [5.41, 5.74) is -0.515. The SMILES string of the molecule is COCCCNC(=O)c1cc2ccc(OC(=O)C3CCCCC3)cc2oc1=O. The maximum atomic E-state index is 12.3. The summed E-state index contributed by atoms with van der Waals surface area (Å²) < 4.78 is 15.7. The van der Waals surface area contributed by atoms with E-state index < -0.39 is 11.5 Å². The molecule has 0 saturated heterocycles. The monoisotopic (exact) mass is 387 g/mol. The van der Waals surface area contributed by atoms with Crippen molar-refractivity contribution in [1.29, 1.82) is 0 Å². The highest BCUT2D eigenvalue weighted by Crippen LogP contribution is 2.27. The number of carbonyl (C=O) groups excluding carboxylic acids is 2. The minimum Gasteiger partial charge on any atom is -0.426 e. The normalized spacial score (nSPS) is 14.8. The predicted molar refractivity (Wildman–Crippen MR) is 104 cm³/mol. The lowest BCUT2D eigenvalue weighted by molar-refractivity contribution is -0.139. The second kappa shape index (κ2) is 9.50. The molecule has 1 amide bonds. The van der Waals surface area contributed by atoms with Crippen LogP contribution in [-0.2, 0) is 9.53 Å². The van der Waals surface area contributed by atoms with Crippen LogP contribution in [0.3, 0.4) is 0 Å². The molecular formula is C21H25NO6. The van der Waals surface area contributed by atoms with Crippen LogP contribution < -0.4 is 15.7 Å². The first-order valence-electron chi connectivity index (χ1n) is 9.65. The number of carbonyl (C=O) groups is 2. The predicted octanol–water partition coefficient (Wildman–Crippen LogP) is 3.05. The number of methoxy groups -OCH3 is 1. The van der Waals surface area contributed by atoms with Crippen molar-refractivity contribution in [2.75, 3.05) is 20.3 Å². The van der Waals surface area contributed by atoms with E-state index in [1.807, 2.05) is 0 Å². The van der Waals surface area contributed by atoms with Gasteiger partial charge in [0.2, 0.25) is 0 Å². The third-order valence-electron chi connectivity index (χ3n) is 4.92. The van der Waals surface area contributed by atoms with E-state index in [1.54, 1.807) is 19.2 Å². The number of ether oxygens (including phenoxy) is 2. The molecule has 1 saturated carbocycles. The van der Waals surface area contributed by atoms with E-state index in [0.29, 0.717) is 30.7 Å². The van der Waals surface area contributed by atoms with Crippen LogP contribution in [-0.4, -0.2) is 32.1 Å². The highest BCUT2D eigenvalue weighted by Gasteiger charge is 2.23. The van der Waals surface area contributed by atoms with E-state index in [2.05, 4.69) is 5.32 Å². The second-order valence-electron chi connectivity index (χ2n) is 7.01. The van der Waals surface area contributed by atoms with Crippen LogP contribution in [0.4, 0.5) is 0 Å². The maximum Gasteiger partial charge on any atom is 0.349 e. The Labute approximate surface area is 163 Å². The molecule has 0 atom stereocenters. The number of rotatable bonds is 7. The standard InChI is InChI=1S/C21H25NO6/c1-26-11-5-10-22-19(23)17-12-15-8-9-16(13-18(15)28-21(17)25)27-20(24)14-6-3-2-4-7-14/h8-9,12-14H,2-7,10-11H2,1H3,(H,22,23). The molecule has 0 aliphatic heterocycles. The summed E-state index contributed by atoms with van der Waals surface area (Å²) in [4.78, 5) is 36.6. The van der Waals surface area contributed by atoms with Gasteiger partial charge in [0, 0.05) is 31.7 Å². The maximum absolute atomic E-state index is 12.3. The fraction of sp³-hybridized carbons (Fsp3) is 0.476. The average Bonchev–Trinajstić information content (AvgIpc) is 2.71. The molecule has 1 aromatic carbocycles. The zero-order valence-electron chi connectivity index (χ0n) is 16.0. The lowest BCUT2D eigenvalue weighted by Crippen LogP contribution is -2.29. The van der Waals surface area contributed by atoms with Crippen molar-refractivity contribution in [3.8, 4) is 5.75 Å². The van der Waals surface area contributed by atoms with Crippen LogP contribution in [0.2, 0.25) is 0 Å². The number of hydrogen-bond donors (Lipinski definition) is 1. The van der Waals surface area contributed by atoms with Gasteiger partial charge in [0.1, 0.15) is 16.9 Å². The Balaban J connectivity index is 1.71. The van der Waals surface area contributed by atoms with Crippen LogP contribution in [0.25, 0.3) is 11.0 Å². The first kappa shape index (κ1) is 20.1. The van der Waals surface area contributed by atoms with E-state index in [4.69, 9.17) is 13.9 Å². The molecule has 1 N–H and O–H groups in total. The zero-order valence-corrected chi connectivity index (χ0v) is 16.0. The largest absolute Gasteiger partial charge is 0.426 e. The van der Waals surface area contributed by atoms with Crippen molar-refractivity contribution in [2.45, 2.75) is 38.5 Å². The molecule has 150 valence electrons. The third kappa shape index (κ3) is 4.98. The first-order valence-corrected chi connectivity index (χ1v) is 9.65. The number of benzene rings is 1. The summed E-state index contributed by atoms with van der Waals surface area (Å²) in [6.45, 7) is 0.926. The number of fused-ring (bicyclic) bond motifs is 1. The average molecular weight is 387 g/mol. The Morgan fingerprint density at radius 3 is 2.71 bits per heavy atom. The Morgan fingerprint density at radius 1 is 1.18 bits per heavy atom. The summed E-state index contributed by atoms with van der Waals surface area (Å²) in [7, 11) is 1.58. The van der Waals surface area contributed by atoms with E-state index >= 15 is 0 Å². The Kier molecular flexibility index (Phi) is 6.81. The summed E-state index contributed by atoms with van der Waals surface area (Å²) in [5.74, 6) is -0.461. The molecular weight excluding hydrogens is 362 g/mol. The van der Waals surface area contributed by atoms with Gasteiger partial charge in [-0.05, 0) is 37.5 Å². The van der Waals surface area contributed by atoms with Crippen molar-refractivity contribution in [3.05, 3.63) is 40.2 Å². The molecule has 3 rings (SSSR count). The summed E-state index contributed by atoms with van der Waals surface area (Å²) in [6.07, 6.45) is 5.60. The molecule has 0 spiro atoms. The van der Waals surface area contributed by atoms with Gasteiger partial charge in [0.25, 0.3) is 5.91 Å². The van der Waals surface area contributed by atoms with Gasteiger partial charge in [-0.1, -0.05) is 19.3 Å². The van der Waals surface area contributed by atoms with Crippen LogP contribution >= 0.6 is 0 Å². The van der Waals surface area contributed by atoms with Crippen LogP contribution in [0, 0.1) is 5.92 Å². The van der Waals surface area contributed by atoms with E-state index in [9.17, 15) is 14.4 Å². The van der Waals surface area contributed by atoms with Crippen molar-refractivity contribution in [3.63, 3.8) is 0 Å². The lowest BCUT2D eigenvalue weighted by Gasteiger charge is -2.19. The quantitative estimate of drug-likeness (QED) is 0.340. The highest BCUT2D eigenvalue weighted by molar-refractivity contribution is 5.96. The fourth-order valence-corrected chi connectivity index (χ4v) is 3.36. The molecule has 1 heterocycles. The summed E-state index contributed by atoms with van der Waals surface area (Å²) >= 11 is 0.